The zero-order chi connectivity index (χ0) is 43.5. The van der Waals surface area contributed by atoms with Gasteiger partial charge in [-0.1, -0.05) is 88.4 Å². The molecule has 1 amide bonds. The topological polar surface area (TPSA) is 172 Å². The number of Topliss-reactive ketones (excluding diaryl/α,β-unsaturated/α-hetero) is 1. The lowest BCUT2D eigenvalue weighted by atomic mass is 9.76. The van der Waals surface area contributed by atoms with E-state index in [1.165, 1.54) is 11.8 Å². The Morgan fingerprint density at radius 1 is 0.867 bits per heavy atom. The van der Waals surface area contributed by atoms with Crippen LogP contribution in [-0.2, 0) is 65.4 Å². The molecule has 0 saturated carbocycles. The van der Waals surface area contributed by atoms with E-state index in [1.54, 1.807) is 40.0 Å². The molecule has 7 unspecified atom stereocenters. The highest BCUT2D eigenvalue weighted by Crippen LogP contribution is 2.48. The molecule has 6 rings (SSSR count). The number of rotatable bonds is 10. The van der Waals surface area contributed by atoms with Crippen molar-refractivity contribution >= 4 is 30.2 Å². The van der Waals surface area contributed by atoms with Crippen LogP contribution in [0.25, 0.3) is 0 Å². The summed E-state index contributed by atoms with van der Waals surface area (Å²) >= 11 is 0. The molecular formula is C45H59NO14. The molecule has 2 aromatic rings. The Morgan fingerprint density at radius 3 is 2.10 bits per heavy atom. The average Bonchev–Trinajstić information content (AvgIpc) is 3.72. The Hall–Kier alpha value is -4.73. The molecule has 60 heavy (non-hydrogen) atoms. The van der Waals surface area contributed by atoms with Crippen LogP contribution < -0.4 is 0 Å². The predicted octanol–water partition coefficient (Wildman–Crippen LogP) is 7.16. The molecule has 4 aliphatic heterocycles. The zero-order valence-electron chi connectivity index (χ0n) is 35.9. The smallest absolute Gasteiger partial charge is 0.457 e. The fraction of sp³-hybridized carbons (Fsp3) is 0.622. The van der Waals surface area contributed by atoms with Gasteiger partial charge in [0.2, 0.25) is 0 Å². The van der Waals surface area contributed by atoms with E-state index in [9.17, 15) is 24.0 Å². The number of esters is 1. The molecule has 15 heteroatoms. The van der Waals surface area contributed by atoms with Gasteiger partial charge in [0, 0.05) is 18.9 Å². The number of hydrogen-bond donors (Lipinski definition) is 0. The van der Waals surface area contributed by atoms with Crippen LogP contribution in [-0.4, -0.2) is 102 Å². The molecule has 0 radical (unpaired) electrons. The summed E-state index contributed by atoms with van der Waals surface area (Å²) in [6.45, 7) is 14.1. The van der Waals surface area contributed by atoms with Gasteiger partial charge in [-0.15, -0.1) is 0 Å². The maximum Gasteiger partial charge on any atom is 0.509 e. The molecular weight excluding hydrogens is 778 g/mol. The quantitative estimate of drug-likeness (QED) is 0.134. The zero-order valence-corrected chi connectivity index (χ0v) is 35.9. The first-order chi connectivity index (χ1) is 28.4. The number of likely N-dealkylation sites (N-methyl/N-ethyl adjacent to an activating group) is 1. The molecule has 328 valence electrons. The Labute approximate surface area is 351 Å². The highest BCUT2D eigenvalue weighted by atomic mass is 16.8. The van der Waals surface area contributed by atoms with Crippen molar-refractivity contribution in [3.05, 3.63) is 71.8 Å². The first-order valence-corrected chi connectivity index (χ1v) is 20.9. The normalized spacial score (nSPS) is 36.9. The molecule has 14 atom stereocenters. The van der Waals surface area contributed by atoms with Crippen molar-refractivity contribution in [2.45, 2.75) is 148 Å². The van der Waals surface area contributed by atoms with Crippen molar-refractivity contribution in [2.75, 3.05) is 7.05 Å². The second-order valence-electron chi connectivity index (χ2n) is 17.2. The van der Waals surface area contributed by atoms with E-state index in [4.69, 9.17) is 42.6 Å². The summed E-state index contributed by atoms with van der Waals surface area (Å²) in [6, 6.07) is 17.5. The molecule has 0 aliphatic carbocycles. The van der Waals surface area contributed by atoms with E-state index >= 15 is 0 Å². The summed E-state index contributed by atoms with van der Waals surface area (Å²) in [5, 5.41) is 0. The van der Waals surface area contributed by atoms with Gasteiger partial charge in [0.05, 0.1) is 30.0 Å². The summed E-state index contributed by atoms with van der Waals surface area (Å²) < 4.78 is 55.0. The molecule has 0 aromatic heterocycles. The van der Waals surface area contributed by atoms with E-state index in [0.717, 1.165) is 11.1 Å². The number of carbonyl (C=O) groups is 5. The van der Waals surface area contributed by atoms with Crippen LogP contribution in [0.15, 0.2) is 60.7 Å². The Kier molecular flexibility index (Phi) is 13.8. The molecule has 15 nitrogen and oxygen atoms in total. The molecule has 0 spiro atoms. The second kappa shape index (κ2) is 18.5. The van der Waals surface area contributed by atoms with Crippen molar-refractivity contribution in [1.29, 1.82) is 0 Å². The van der Waals surface area contributed by atoms with Gasteiger partial charge >= 0.3 is 24.4 Å². The van der Waals surface area contributed by atoms with E-state index < -0.39 is 108 Å². The van der Waals surface area contributed by atoms with Crippen LogP contribution in [0.3, 0.4) is 0 Å². The molecule has 4 heterocycles. The van der Waals surface area contributed by atoms with E-state index in [1.807, 2.05) is 76.2 Å². The Balaban J connectivity index is 1.32. The summed E-state index contributed by atoms with van der Waals surface area (Å²) in [6.07, 6.45) is -8.05. The summed E-state index contributed by atoms with van der Waals surface area (Å²) in [5.74, 6) is -4.24. The van der Waals surface area contributed by atoms with Crippen LogP contribution in [0.4, 0.5) is 14.4 Å². The molecule has 4 fully saturated rings. The molecule has 2 aromatic carbocycles. The molecule has 4 aliphatic rings. The highest BCUT2D eigenvalue weighted by molar-refractivity contribution is 6.00. The van der Waals surface area contributed by atoms with Crippen LogP contribution in [0.5, 0.6) is 0 Å². The van der Waals surface area contributed by atoms with Crippen molar-refractivity contribution in [3.63, 3.8) is 0 Å². The third-order valence-electron chi connectivity index (χ3n) is 12.6. The van der Waals surface area contributed by atoms with Gasteiger partial charge in [-0.3, -0.25) is 9.59 Å². The second-order valence-corrected chi connectivity index (χ2v) is 17.2. The Morgan fingerprint density at radius 2 is 1.48 bits per heavy atom. The van der Waals surface area contributed by atoms with Crippen LogP contribution in [0.2, 0.25) is 0 Å². The molecule has 2 bridgehead atoms. The minimum Gasteiger partial charge on any atom is -0.457 e. The average molecular weight is 838 g/mol. The van der Waals surface area contributed by atoms with Crippen LogP contribution >= 0.6 is 0 Å². The lowest BCUT2D eigenvalue weighted by Gasteiger charge is -2.46. The van der Waals surface area contributed by atoms with Crippen LogP contribution in [0.1, 0.15) is 85.8 Å². The van der Waals surface area contributed by atoms with E-state index in [0.29, 0.717) is 12.8 Å². The largest absolute Gasteiger partial charge is 0.509 e. The SMILES string of the molecule is CC[C@H]1OC(=O)O[C@@]1(C)[C@@H]1OC(=O)[C@H](C)C(=O)[C@H](C)[C@@H](OC2OC(C)CC(N(C)C(=O)OCc3ccccc3)C2OC(=O)OCc2ccccc2)C2(C)CC(C)C(O2)[C@@H]1C. The monoisotopic (exact) mass is 837 g/mol. The van der Waals surface area contributed by atoms with Gasteiger partial charge in [-0.2, -0.15) is 0 Å². The van der Waals surface area contributed by atoms with Gasteiger partial charge in [0.25, 0.3) is 0 Å². The van der Waals surface area contributed by atoms with Crippen molar-refractivity contribution in [2.24, 2.45) is 23.7 Å². The Bertz CT molecular complexity index is 1840. The van der Waals surface area contributed by atoms with Gasteiger partial charge in [-0.05, 0) is 64.0 Å². The fourth-order valence-corrected chi connectivity index (χ4v) is 9.47. The predicted molar refractivity (Wildman–Crippen MR) is 213 cm³/mol. The van der Waals surface area contributed by atoms with Gasteiger partial charge in [-0.25, -0.2) is 14.4 Å². The minimum atomic E-state index is -1.36. The van der Waals surface area contributed by atoms with Crippen molar-refractivity contribution < 1.29 is 66.6 Å². The molecule has 0 N–H and O–H groups in total. The summed E-state index contributed by atoms with van der Waals surface area (Å²) in [5.41, 5.74) is -1.01. The number of amides is 1. The third kappa shape index (κ3) is 9.42. The lowest BCUT2D eigenvalue weighted by molar-refractivity contribution is -0.296. The number of ketones is 1. The van der Waals surface area contributed by atoms with Gasteiger partial charge in [0.15, 0.2) is 23.8 Å². The number of hydrogen-bond acceptors (Lipinski definition) is 14. The first-order valence-electron chi connectivity index (χ1n) is 20.9. The number of nitrogens with zero attached hydrogens (tertiary/aromatic N) is 1. The van der Waals surface area contributed by atoms with E-state index in [2.05, 4.69) is 0 Å². The van der Waals surface area contributed by atoms with Crippen molar-refractivity contribution in [3.8, 4) is 0 Å². The van der Waals surface area contributed by atoms with Gasteiger partial charge in [0.1, 0.15) is 31.3 Å². The number of benzene rings is 2. The highest BCUT2D eigenvalue weighted by Gasteiger charge is 2.61. The maximum absolute atomic E-state index is 14.4. The number of fused-ring (bicyclic) bond motifs is 2. The number of ether oxygens (including phenoxy) is 9. The van der Waals surface area contributed by atoms with Gasteiger partial charge < -0.3 is 47.5 Å². The summed E-state index contributed by atoms with van der Waals surface area (Å²) in [7, 11) is 1.55. The number of carbonyl (C=O) groups excluding carboxylic acids is 5. The standard InChI is InChI=1S/C45H59NO14/c1-10-33-45(8,60-43(51)55-33)38-29(6)35-25(2)22-44(7,59-35)37(27(4)34(47)28(5)39(48)57-38)58-40-36(56-42(50)53-24-31-19-15-12-16-20-31)32(21-26(3)54-40)46(9)41(49)52-23-30-17-13-11-14-18-30/h11-20,25-29,32-33,35-38,40H,10,21-24H2,1-9H3/t25?,26?,27-,28+,29-,32?,33+,35?,36?,37+,38+,40?,44?,45+/m0/s1. The summed E-state index contributed by atoms with van der Waals surface area (Å²) in [4.78, 5) is 69.4. The van der Waals surface area contributed by atoms with Crippen LogP contribution in [0, 0.1) is 23.7 Å². The lowest BCUT2D eigenvalue weighted by Crippen LogP contribution is -2.60. The van der Waals surface area contributed by atoms with Crippen molar-refractivity contribution in [1.82, 2.24) is 4.90 Å². The third-order valence-corrected chi connectivity index (χ3v) is 12.6. The molecule has 4 saturated heterocycles. The number of cyclic esters (lactones) is 3. The maximum atomic E-state index is 14.4. The fourth-order valence-electron chi connectivity index (χ4n) is 9.47. The van der Waals surface area contributed by atoms with E-state index in [-0.39, 0.29) is 25.6 Å². The first kappa shape index (κ1) is 44.8. The minimum absolute atomic E-state index is 0.0116.